The van der Waals surface area contributed by atoms with E-state index in [-0.39, 0.29) is 19.0 Å². The van der Waals surface area contributed by atoms with Crippen molar-refractivity contribution in [2.75, 3.05) is 31.7 Å². The summed E-state index contributed by atoms with van der Waals surface area (Å²) in [4.78, 5) is 12.3. The Labute approximate surface area is 129 Å². The van der Waals surface area contributed by atoms with E-state index in [1.807, 2.05) is 0 Å². The molecule has 0 radical (unpaired) electrons. The third-order valence-electron chi connectivity index (χ3n) is 3.91. The van der Waals surface area contributed by atoms with Crippen molar-refractivity contribution >= 4 is 21.6 Å². The SMILES string of the molecule is CNC(=O)C1(Nc2cccc(F)c2)CCN(S(C)(=O)=O)CC1. The molecule has 0 spiro atoms. The molecule has 2 rings (SSSR count). The van der Waals surface area contributed by atoms with Crippen LogP contribution >= 0.6 is 0 Å². The number of amides is 1. The van der Waals surface area contributed by atoms with Crippen LogP contribution in [0.1, 0.15) is 12.8 Å². The first-order valence-corrected chi connectivity index (χ1v) is 8.83. The van der Waals surface area contributed by atoms with Crippen molar-refractivity contribution < 1.29 is 17.6 Å². The van der Waals surface area contributed by atoms with Crippen LogP contribution in [0.15, 0.2) is 24.3 Å². The van der Waals surface area contributed by atoms with Crippen LogP contribution in [0.3, 0.4) is 0 Å². The van der Waals surface area contributed by atoms with Gasteiger partial charge in [0.25, 0.3) is 0 Å². The molecule has 22 heavy (non-hydrogen) atoms. The zero-order valence-corrected chi connectivity index (χ0v) is 13.4. The largest absolute Gasteiger partial charge is 0.371 e. The Bertz CT molecular complexity index is 655. The molecular formula is C14H20FN3O3S. The van der Waals surface area contributed by atoms with E-state index in [2.05, 4.69) is 10.6 Å². The first-order chi connectivity index (χ1) is 10.3. The van der Waals surface area contributed by atoms with Crippen LogP contribution in [0.5, 0.6) is 0 Å². The Morgan fingerprint density at radius 2 is 1.95 bits per heavy atom. The topological polar surface area (TPSA) is 78.5 Å². The first kappa shape index (κ1) is 16.7. The molecule has 1 aromatic rings. The number of hydrogen-bond donors (Lipinski definition) is 2. The lowest BCUT2D eigenvalue weighted by molar-refractivity contribution is -0.126. The summed E-state index contributed by atoms with van der Waals surface area (Å²) in [6.45, 7) is 0.489. The van der Waals surface area contributed by atoms with E-state index >= 15 is 0 Å². The predicted molar refractivity (Wildman–Crippen MR) is 82.5 cm³/mol. The fraction of sp³-hybridized carbons (Fsp3) is 0.500. The Kier molecular flexibility index (Phi) is 4.72. The molecule has 122 valence electrons. The molecule has 6 nitrogen and oxygen atoms in total. The van der Waals surface area contributed by atoms with Crippen molar-refractivity contribution in [3.05, 3.63) is 30.1 Å². The molecule has 1 aliphatic rings. The van der Waals surface area contributed by atoms with Crippen LogP contribution < -0.4 is 10.6 Å². The first-order valence-electron chi connectivity index (χ1n) is 6.98. The number of benzene rings is 1. The minimum Gasteiger partial charge on any atom is -0.371 e. The fourth-order valence-corrected chi connectivity index (χ4v) is 3.54. The molecule has 1 aromatic carbocycles. The van der Waals surface area contributed by atoms with E-state index in [1.54, 1.807) is 12.1 Å². The Morgan fingerprint density at radius 3 is 2.45 bits per heavy atom. The maximum Gasteiger partial charge on any atom is 0.245 e. The summed E-state index contributed by atoms with van der Waals surface area (Å²) < 4.78 is 37.9. The summed E-state index contributed by atoms with van der Waals surface area (Å²) >= 11 is 0. The molecule has 0 bridgehead atoms. The zero-order chi connectivity index (χ0) is 16.4. The quantitative estimate of drug-likeness (QED) is 0.856. The Balaban J connectivity index is 2.22. The molecule has 0 unspecified atom stereocenters. The zero-order valence-electron chi connectivity index (χ0n) is 12.6. The standard InChI is InChI=1S/C14H20FN3O3S/c1-16-13(19)14(17-12-5-3-4-11(15)10-12)6-8-18(9-7-14)22(2,20)21/h3-5,10,17H,6-9H2,1-2H3,(H,16,19). The molecule has 8 heteroatoms. The Morgan fingerprint density at radius 1 is 1.32 bits per heavy atom. The summed E-state index contributed by atoms with van der Waals surface area (Å²) in [6, 6.07) is 5.87. The normalized spacial score (nSPS) is 18.7. The number of nitrogens with one attached hydrogen (secondary N) is 2. The number of carbonyl (C=O) groups excluding carboxylic acids is 1. The van der Waals surface area contributed by atoms with Crippen LogP contribution in [-0.4, -0.2) is 50.6 Å². The second kappa shape index (κ2) is 6.21. The van der Waals surface area contributed by atoms with E-state index in [9.17, 15) is 17.6 Å². The molecule has 1 fully saturated rings. The molecule has 0 aliphatic carbocycles. The summed E-state index contributed by atoms with van der Waals surface area (Å²) in [5.74, 6) is -0.629. The Hall–Kier alpha value is -1.67. The number of hydrogen-bond acceptors (Lipinski definition) is 4. The number of carbonyl (C=O) groups is 1. The smallest absolute Gasteiger partial charge is 0.245 e. The fourth-order valence-electron chi connectivity index (χ4n) is 2.69. The van der Waals surface area contributed by atoms with Gasteiger partial charge in [0.2, 0.25) is 15.9 Å². The molecule has 0 aromatic heterocycles. The van der Waals surface area contributed by atoms with Crippen molar-refractivity contribution in [3.63, 3.8) is 0 Å². The minimum atomic E-state index is -3.27. The molecule has 2 N–H and O–H groups in total. The molecule has 1 aliphatic heterocycles. The second-order valence-electron chi connectivity index (χ2n) is 5.46. The molecular weight excluding hydrogens is 309 g/mol. The van der Waals surface area contributed by atoms with Gasteiger partial charge in [0.05, 0.1) is 6.26 Å². The summed E-state index contributed by atoms with van der Waals surface area (Å²) in [5, 5.41) is 5.69. The number of sulfonamides is 1. The lowest BCUT2D eigenvalue weighted by Gasteiger charge is -2.40. The maximum absolute atomic E-state index is 13.3. The van der Waals surface area contributed by atoms with E-state index in [0.717, 1.165) is 6.26 Å². The van der Waals surface area contributed by atoms with Gasteiger partial charge in [-0.05, 0) is 31.0 Å². The van der Waals surface area contributed by atoms with Crippen LogP contribution in [0, 0.1) is 5.82 Å². The van der Waals surface area contributed by atoms with E-state index in [4.69, 9.17) is 0 Å². The van der Waals surface area contributed by atoms with Gasteiger partial charge in [-0.3, -0.25) is 4.79 Å². The summed E-state index contributed by atoms with van der Waals surface area (Å²) in [6.07, 6.45) is 1.78. The van der Waals surface area contributed by atoms with Crippen LogP contribution in [0.25, 0.3) is 0 Å². The lowest BCUT2D eigenvalue weighted by Crippen LogP contribution is -2.58. The van der Waals surface area contributed by atoms with Crippen LogP contribution in [-0.2, 0) is 14.8 Å². The maximum atomic E-state index is 13.3. The second-order valence-corrected chi connectivity index (χ2v) is 7.44. The molecule has 0 saturated carbocycles. The molecule has 0 atom stereocenters. The molecule has 1 saturated heterocycles. The average Bonchev–Trinajstić information content (AvgIpc) is 2.46. The van der Waals surface area contributed by atoms with E-state index in [1.165, 1.54) is 23.5 Å². The summed E-state index contributed by atoms with van der Waals surface area (Å²) in [5.41, 5.74) is -0.444. The average molecular weight is 329 g/mol. The van der Waals surface area contributed by atoms with Gasteiger partial charge in [-0.2, -0.15) is 0 Å². The highest BCUT2D eigenvalue weighted by Gasteiger charge is 2.42. The van der Waals surface area contributed by atoms with Crippen molar-refractivity contribution in [2.45, 2.75) is 18.4 Å². The van der Waals surface area contributed by atoms with Gasteiger partial charge in [-0.15, -0.1) is 0 Å². The predicted octanol–water partition coefficient (Wildman–Crippen LogP) is 0.778. The van der Waals surface area contributed by atoms with Gasteiger partial charge >= 0.3 is 0 Å². The van der Waals surface area contributed by atoms with Crippen LogP contribution in [0.4, 0.5) is 10.1 Å². The van der Waals surface area contributed by atoms with Gasteiger partial charge in [-0.25, -0.2) is 17.1 Å². The number of likely N-dealkylation sites (N-methyl/N-ethyl adjacent to an activating group) is 1. The summed E-state index contributed by atoms with van der Waals surface area (Å²) in [7, 11) is -1.75. The number of rotatable bonds is 4. The van der Waals surface area contributed by atoms with Crippen LogP contribution in [0.2, 0.25) is 0 Å². The number of halogens is 1. The number of anilines is 1. The highest BCUT2D eigenvalue weighted by molar-refractivity contribution is 7.88. The van der Waals surface area contributed by atoms with E-state index < -0.39 is 21.4 Å². The van der Waals surface area contributed by atoms with Gasteiger partial charge in [0.1, 0.15) is 11.4 Å². The third-order valence-corrected chi connectivity index (χ3v) is 5.22. The van der Waals surface area contributed by atoms with E-state index in [0.29, 0.717) is 18.5 Å². The van der Waals surface area contributed by atoms with Crippen molar-refractivity contribution in [3.8, 4) is 0 Å². The van der Waals surface area contributed by atoms with Gasteiger partial charge < -0.3 is 10.6 Å². The van der Waals surface area contributed by atoms with Gasteiger partial charge in [0, 0.05) is 25.8 Å². The third kappa shape index (κ3) is 3.56. The molecule has 1 amide bonds. The van der Waals surface area contributed by atoms with Crippen molar-refractivity contribution in [1.29, 1.82) is 0 Å². The lowest BCUT2D eigenvalue weighted by atomic mass is 9.87. The van der Waals surface area contributed by atoms with Gasteiger partial charge in [-0.1, -0.05) is 6.07 Å². The highest BCUT2D eigenvalue weighted by atomic mass is 32.2. The van der Waals surface area contributed by atoms with Crippen molar-refractivity contribution in [2.24, 2.45) is 0 Å². The van der Waals surface area contributed by atoms with Crippen molar-refractivity contribution in [1.82, 2.24) is 9.62 Å². The monoisotopic (exact) mass is 329 g/mol. The number of piperidine rings is 1. The molecule has 1 heterocycles. The minimum absolute atomic E-state index is 0.232. The van der Waals surface area contributed by atoms with Gasteiger partial charge in [0.15, 0.2) is 0 Å². The highest BCUT2D eigenvalue weighted by Crippen LogP contribution is 2.28. The number of nitrogens with zero attached hydrogens (tertiary/aromatic N) is 1.